The molecule has 1 aromatic heterocycles. The highest BCUT2D eigenvalue weighted by Crippen LogP contribution is 2.01. The predicted molar refractivity (Wildman–Crippen MR) is 73.8 cm³/mol. The number of hydrogen-bond donors (Lipinski definition) is 3. The Morgan fingerprint density at radius 1 is 1.35 bits per heavy atom. The number of hydrogen-bond acceptors (Lipinski definition) is 4. The molecule has 0 atom stereocenters. The van der Waals surface area contributed by atoms with E-state index in [1.807, 2.05) is 0 Å². The van der Waals surface area contributed by atoms with Gasteiger partial charge in [0.25, 0.3) is 5.91 Å². The van der Waals surface area contributed by atoms with Crippen molar-refractivity contribution in [3.63, 3.8) is 0 Å². The fourth-order valence-corrected chi connectivity index (χ4v) is 1.38. The molecule has 0 fully saturated rings. The first-order valence-electron chi connectivity index (χ1n) is 6.27. The smallest absolute Gasteiger partial charge is 0.253 e. The van der Waals surface area contributed by atoms with Gasteiger partial charge in [-0.05, 0) is 13.0 Å². The summed E-state index contributed by atoms with van der Waals surface area (Å²) in [5.74, 6) is 4.92. The first kappa shape index (κ1) is 15.7. The summed E-state index contributed by atoms with van der Waals surface area (Å²) in [5.41, 5.74) is 0.925. The summed E-state index contributed by atoms with van der Waals surface area (Å²) in [6, 6.07) is 1.59. The van der Waals surface area contributed by atoms with E-state index in [1.165, 1.54) is 12.4 Å². The molecular formula is C14H17N3O3. The molecule has 0 saturated carbocycles. The molecule has 0 saturated heterocycles. The van der Waals surface area contributed by atoms with Crippen LogP contribution in [-0.4, -0.2) is 41.6 Å². The number of aromatic nitrogens is 1. The second-order valence-corrected chi connectivity index (χ2v) is 3.87. The molecule has 0 bridgehead atoms. The van der Waals surface area contributed by atoms with Crippen LogP contribution in [0.25, 0.3) is 0 Å². The molecule has 1 rings (SSSR count). The van der Waals surface area contributed by atoms with Crippen LogP contribution in [0.5, 0.6) is 0 Å². The van der Waals surface area contributed by atoms with Gasteiger partial charge in [0.15, 0.2) is 0 Å². The molecule has 0 aliphatic carbocycles. The average Bonchev–Trinajstić information content (AvgIpc) is 2.46. The van der Waals surface area contributed by atoms with Gasteiger partial charge in [-0.1, -0.05) is 11.8 Å². The van der Waals surface area contributed by atoms with Gasteiger partial charge in [0.05, 0.1) is 18.7 Å². The summed E-state index contributed by atoms with van der Waals surface area (Å²) in [4.78, 5) is 27.0. The van der Waals surface area contributed by atoms with E-state index in [9.17, 15) is 9.59 Å². The second kappa shape index (κ2) is 8.67. The zero-order valence-electron chi connectivity index (χ0n) is 11.3. The van der Waals surface area contributed by atoms with Gasteiger partial charge in [0.2, 0.25) is 5.91 Å². The summed E-state index contributed by atoms with van der Waals surface area (Å²) < 4.78 is 0. The molecule has 0 aliphatic heterocycles. The number of aliphatic hydroxyl groups excluding tert-OH is 1. The SMILES string of the molecule is CCNC(=O)CNC(=O)c1cncc(C#CCCO)c1. The number of carbonyl (C=O) groups excluding carboxylic acids is 2. The Hall–Kier alpha value is -2.39. The molecule has 1 aromatic rings. The predicted octanol–water partition coefficient (Wildman–Crippen LogP) is -0.319. The average molecular weight is 275 g/mol. The van der Waals surface area contributed by atoms with Crippen molar-refractivity contribution in [1.82, 2.24) is 15.6 Å². The van der Waals surface area contributed by atoms with Gasteiger partial charge in [0.1, 0.15) is 0 Å². The standard InChI is InChI=1S/C14H17N3O3/c1-2-16-13(19)10-17-14(20)12-7-11(8-15-9-12)5-3-4-6-18/h7-9,18H,2,4,6,10H2,1H3,(H,16,19)(H,17,20). The minimum Gasteiger partial charge on any atom is -0.395 e. The van der Waals surface area contributed by atoms with Gasteiger partial charge in [-0.15, -0.1) is 0 Å². The summed E-state index contributed by atoms with van der Waals surface area (Å²) in [7, 11) is 0. The Labute approximate surface area is 117 Å². The largest absolute Gasteiger partial charge is 0.395 e. The molecule has 0 unspecified atom stereocenters. The van der Waals surface area contributed by atoms with Crippen LogP contribution < -0.4 is 10.6 Å². The molecule has 1 heterocycles. The molecule has 0 spiro atoms. The van der Waals surface area contributed by atoms with Crippen LogP contribution in [0.1, 0.15) is 29.3 Å². The van der Waals surface area contributed by atoms with E-state index >= 15 is 0 Å². The van der Waals surface area contributed by atoms with Crippen LogP contribution in [-0.2, 0) is 4.79 Å². The van der Waals surface area contributed by atoms with Gasteiger partial charge >= 0.3 is 0 Å². The third-order valence-corrected chi connectivity index (χ3v) is 2.25. The normalized spacial score (nSPS) is 9.30. The van der Waals surface area contributed by atoms with Crippen LogP contribution in [0.4, 0.5) is 0 Å². The van der Waals surface area contributed by atoms with Gasteiger partial charge in [-0.25, -0.2) is 0 Å². The van der Waals surface area contributed by atoms with Crippen molar-refractivity contribution in [3.05, 3.63) is 29.6 Å². The van der Waals surface area contributed by atoms with Crippen LogP contribution in [0, 0.1) is 11.8 Å². The highest BCUT2D eigenvalue weighted by Gasteiger charge is 2.08. The first-order chi connectivity index (χ1) is 9.67. The van der Waals surface area contributed by atoms with Crippen molar-refractivity contribution >= 4 is 11.8 Å². The number of amides is 2. The lowest BCUT2D eigenvalue weighted by Gasteiger charge is -2.05. The van der Waals surface area contributed by atoms with Crippen LogP contribution in [0.3, 0.4) is 0 Å². The molecule has 20 heavy (non-hydrogen) atoms. The summed E-state index contributed by atoms with van der Waals surface area (Å²) in [5, 5.41) is 13.7. The highest BCUT2D eigenvalue weighted by molar-refractivity contribution is 5.96. The van der Waals surface area contributed by atoms with Crippen LogP contribution in [0.15, 0.2) is 18.5 Å². The van der Waals surface area contributed by atoms with Crippen LogP contribution >= 0.6 is 0 Å². The van der Waals surface area contributed by atoms with Crippen molar-refractivity contribution in [3.8, 4) is 11.8 Å². The zero-order valence-corrected chi connectivity index (χ0v) is 11.3. The van der Waals surface area contributed by atoms with E-state index in [-0.39, 0.29) is 25.0 Å². The maximum absolute atomic E-state index is 11.8. The quantitative estimate of drug-likeness (QED) is 0.642. The first-order valence-corrected chi connectivity index (χ1v) is 6.27. The Balaban J connectivity index is 2.63. The molecule has 0 aliphatic rings. The van der Waals surface area contributed by atoms with Gasteiger partial charge in [-0.2, -0.15) is 0 Å². The van der Waals surface area contributed by atoms with E-state index in [0.29, 0.717) is 24.1 Å². The maximum atomic E-state index is 11.8. The third-order valence-electron chi connectivity index (χ3n) is 2.25. The van der Waals surface area contributed by atoms with Crippen molar-refractivity contribution < 1.29 is 14.7 Å². The number of pyridine rings is 1. The number of rotatable bonds is 5. The van der Waals surface area contributed by atoms with Crippen molar-refractivity contribution in [1.29, 1.82) is 0 Å². The molecule has 6 heteroatoms. The zero-order chi connectivity index (χ0) is 14.8. The van der Waals surface area contributed by atoms with Gasteiger partial charge in [0, 0.05) is 30.9 Å². The Morgan fingerprint density at radius 2 is 2.15 bits per heavy atom. The lowest BCUT2D eigenvalue weighted by molar-refractivity contribution is -0.120. The molecular weight excluding hydrogens is 258 g/mol. The lowest BCUT2D eigenvalue weighted by Crippen LogP contribution is -2.36. The molecule has 2 amide bonds. The minimum atomic E-state index is -0.380. The highest BCUT2D eigenvalue weighted by atomic mass is 16.2. The number of nitrogens with zero attached hydrogens (tertiary/aromatic N) is 1. The van der Waals surface area contributed by atoms with Gasteiger partial charge in [-0.3, -0.25) is 14.6 Å². The van der Waals surface area contributed by atoms with E-state index in [0.717, 1.165) is 0 Å². The number of likely N-dealkylation sites (N-methyl/N-ethyl adjacent to an activating group) is 1. The Morgan fingerprint density at radius 3 is 2.85 bits per heavy atom. The van der Waals surface area contributed by atoms with E-state index in [1.54, 1.807) is 13.0 Å². The van der Waals surface area contributed by atoms with E-state index in [2.05, 4.69) is 27.5 Å². The third kappa shape index (κ3) is 5.50. The molecule has 3 N–H and O–H groups in total. The summed E-state index contributed by atoms with van der Waals surface area (Å²) in [6.07, 6.45) is 3.31. The molecule has 0 radical (unpaired) electrons. The summed E-state index contributed by atoms with van der Waals surface area (Å²) >= 11 is 0. The number of nitrogens with one attached hydrogen (secondary N) is 2. The topological polar surface area (TPSA) is 91.3 Å². The minimum absolute atomic E-state index is 0.00680. The van der Waals surface area contributed by atoms with Crippen molar-refractivity contribution in [2.24, 2.45) is 0 Å². The fraction of sp³-hybridized carbons (Fsp3) is 0.357. The number of aliphatic hydroxyl groups is 1. The molecule has 6 nitrogen and oxygen atoms in total. The van der Waals surface area contributed by atoms with E-state index < -0.39 is 0 Å². The Bertz CT molecular complexity index is 532. The maximum Gasteiger partial charge on any atom is 0.253 e. The lowest BCUT2D eigenvalue weighted by atomic mass is 10.2. The molecule has 0 aromatic carbocycles. The van der Waals surface area contributed by atoms with Crippen LogP contribution in [0.2, 0.25) is 0 Å². The Kier molecular flexibility index (Phi) is 6.79. The fourth-order valence-electron chi connectivity index (χ4n) is 1.38. The van der Waals surface area contributed by atoms with E-state index in [4.69, 9.17) is 5.11 Å². The van der Waals surface area contributed by atoms with Crippen molar-refractivity contribution in [2.45, 2.75) is 13.3 Å². The van der Waals surface area contributed by atoms with Gasteiger partial charge < -0.3 is 15.7 Å². The number of carbonyl (C=O) groups is 2. The molecule has 106 valence electrons. The van der Waals surface area contributed by atoms with Crippen molar-refractivity contribution in [2.75, 3.05) is 19.7 Å². The second-order valence-electron chi connectivity index (χ2n) is 3.87. The monoisotopic (exact) mass is 275 g/mol. The summed E-state index contributed by atoms with van der Waals surface area (Å²) in [6.45, 7) is 2.24.